The van der Waals surface area contributed by atoms with Crippen molar-refractivity contribution in [1.82, 2.24) is 5.32 Å². The molecule has 1 aromatic heterocycles. The highest BCUT2D eigenvalue weighted by atomic mass is 32.1. The van der Waals surface area contributed by atoms with Crippen LogP contribution in [0.4, 0.5) is 31.2 Å². The van der Waals surface area contributed by atoms with Gasteiger partial charge in [-0.25, -0.2) is 9.18 Å². The molecule has 2 aromatic rings. The van der Waals surface area contributed by atoms with Crippen LogP contribution in [0.25, 0.3) is 0 Å². The molecule has 0 unspecified atom stereocenters. The zero-order chi connectivity index (χ0) is 25.3. The van der Waals surface area contributed by atoms with E-state index < -0.39 is 28.8 Å². The summed E-state index contributed by atoms with van der Waals surface area (Å²) < 4.78 is 20.2. The summed E-state index contributed by atoms with van der Waals surface area (Å²) in [5.41, 5.74) is 6.28. The maximum Gasteiger partial charge on any atom is 0.414 e. The van der Waals surface area contributed by atoms with Crippen LogP contribution in [-0.2, 0) is 9.53 Å². The third-order valence-corrected chi connectivity index (χ3v) is 6.85. The number of primary amides is 1. The SMILES string of the molecule is CC(=O)NC[C@H]1CN(c2ccc(N3CCN(c4cc(C(N)=O)sc4[N+](=O)[O-])CC3)c(F)c2)C(=O)O1. The average Bonchev–Trinajstić information content (AvgIpc) is 3.42. The fourth-order valence-corrected chi connectivity index (χ4v) is 4.90. The lowest BCUT2D eigenvalue weighted by Crippen LogP contribution is -2.46. The number of carbonyl (C=O) groups excluding carboxylic acids is 3. The molecule has 0 saturated carbocycles. The van der Waals surface area contributed by atoms with E-state index in [1.807, 2.05) is 4.90 Å². The molecule has 2 aliphatic rings. The van der Waals surface area contributed by atoms with Crippen molar-refractivity contribution in [3.63, 3.8) is 0 Å². The number of benzene rings is 1. The lowest BCUT2D eigenvalue weighted by molar-refractivity contribution is -0.379. The number of ether oxygens (including phenoxy) is 1. The third-order valence-electron chi connectivity index (χ3n) is 5.76. The topological polar surface area (TPSA) is 151 Å². The number of carbonyl (C=O) groups is 3. The van der Waals surface area contributed by atoms with Crippen LogP contribution in [0.5, 0.6) is 0 Å². The number of amides is 3. The van der Waals surface area contributed by atoms with E-state index in [0.29, 0.717) is 43.2 Å². The van der Waals surface area contributed by atoms with E-state index in [4.69, 9.17) is 10.5 Å². The summed E-state index contributed by atoms with van der Waals surface area (Å²) in [7, 11) is 0. The molecule has 0 radical (unpaired) electrons. The van der Waals surface area contributed by atoms with E-state index in [1.165, 1.54) is 24.0 Å². The van der Waals surface area contributed by atoms with E-state index >= 15 is 4.39 Å². The Balaban J connectivity index is 1.42. The number of hydrogen-bond acceptors (Lipinski definition) is 9. The van der Waals surface area contributed by atoms with Gasteiger partial charge in [-0.05, 0) is 24.3 Å². The lowest BCUT2D eigenvalue weighted by Gasteiger charge is -2.36. The van der Waals surface area contributed by atoms with E-state index in [9.17, 15) is 24.5 Å². The molecule has 2 fully saturated rings. The third kappa shape index (κ3) is 5.11. The summed E-state index contributed by atoms with van der Waals surface area (Å²) in [4.78, 5) is 50.6. The second-order valence-corrected chi connectivity index (χ2v) is 9.12. The van der Waals surface area contributed by atoms with Crippen molar-refractivity contribution in [1.29, 1.82) is 0 Å². The van der Waals surface area contributed by atoms with Gasteiger partial charge in [-0.1, -0.05) is 11.3 Å². The summed E-state index contributed by atoms with van der Waals surface area (Å²) in [6.45, 7) is 3.25. The van der Waals surface area contributed by atoms with Crippen molar-refractivity contribution < 1.29 is 28.4 Å². The number of hydrogen-bond donors (Lipinski definition) is 2. The number of thiophene rings is 1. The van der Waals surface area contributed by atoms with Crippen molar-refractivity contribution in [3.05, 3.63) is 45.1 Å². The first-order valence-electron chi connectivity index (χ1n) is 10.7. The van der Waals surface area contributed by atoms with Crippen molar-refractivity contribution in [2.45, 2.75) is 13.0 Å². The van der Waals surface area contributed by atoms with Gasteiger partial charge in [0.05, 0.1) is 29.4 Å². The highest BCUT2D eigenvalue weighted by Gasteiger charge is 2.33. The van der Waals surface area contributed by atoms with Crippen LogP contribution in [-0.4, -0.2) is 68.2 Å². The first-order valence-corrected chi connectivity index (χ1v) is 11.6. The smallest absolute Gasteiger partial charge is 0.414 e. The van der Waals surface area contributed by atoms with Gasteiger partial charge in [0, 0.05) is 33.1 Å². The Bertz CT molecular complexity index is 1180. The monoisotopic (exact) mass is 506 g/mol. The predicted molar refractivity (Wildman–Crippen MR) is 127 cm³/mol. The molecule has 12 nitrogen and oxygen atoms in total. The number of piperazine rings is 1. The predicted octanol–water partition coefficient (Wildman–Crippen LogP) is 1.68. The summed E-state index contributed by atoms with van der Waals surface area (Å²) >= 11 is 0.735. The Morgan fingerprint density at radius 1 is 1.23 bits per heavy atom. The van der Waals surface area contributed by atoms with Crippen LogP contribution in [0.15, 0.2) is 24.3 Å². The molecule has 0 aliphatic carbocycles. The largest absolute Gasteiger partial charge is 0.442 e. The Hall–Kier alpha value is -3.94. The van der Waals surface area contributed by atoms with Gasteiger partial charge in [-0.3, -0.25) is 24.6 Å². The highest BCUT2D eigenvalue weighted by Crippen LogP contribution is 2.38. The van der Waals surface area contributed by atoms with Crippen LogP contribution in [0, 0.1) is 15.9 Å². The Kier molecular flexibility index (Phi) is 6.73. The van der Waals surface area contributed by atoms with Gasteiger partial charge >= 0.3 is 11.1 Å². The van der Waals surface area contributed by atoms with Crippen molar-refractivity contribution in [2.24, 2.45) is 5.73 Å². The molecule has 2 saturated heterocycles. The number of nitrogens with two attached hydrogens (primary N) is 1. The molecule has 2 aliphatic heterocycles. The summed E-state index contributed by atoms with van der Waals surface area (Å²) in [6, 6.07) is 5.87. The summed E-state index contributed by atoms with van der Waals surface area (Å²) in [6.07, 6.45) is -1.15. The highest BCUT2D eigenvalue weighted by molar-refractivity contribution is 7.17. The van der Waals surface area contributed by atoms with Crippen molar-refractivity contribution in [3.8, 4) is 0 Å². The van der Waals surface area contributed by atoms with Gasteiger partial charge < -0.3 is 25.6 Å². The molecule has 0 bridgehead atoms. The number of anilines is 3. The minimum absolute atomic E-state index is 0.107. The van der Waals surface area contributed by atoms with Gasteiger partial charge in [0.2, 0.25) is 5.91 Å². The number of nitrogens with zero attached hydrogens (tertiary/aromatic N) is 4. The quantitative estimate of drug-likeness (QED) is 0.425. The molecule has 35 heavy (non-hydrogen) atoms. The van der Waals surface area contributed by atoms with Crippen molar-refractivity contribution in [2.75, 3.05) is 54.0 Å². The molecular weight excluding hydrogens is 483 g/mol. The van der Waals surface area contributed by atoms with E-state index in [-0.39, 0.29) is 28.9 Å². The Morgan fingerprint density at radius 3 is 2.46 bits per heavy atom. The first-order chi connectivity index (χ1) is 16.6. The second kappa shape index (κ2) is 9.74. The second-order valence-electron chi connectivity index (χ2n) is 8.09. The normalized spacial score (nSPS) is 17.9. The molecule has 4 rings (SSSR count). The summed E-state index contributed by atoms with van der Waals surface area (Å²) in [5.74, 6) is -1.49. The fraction of sp³-hybridized carbons (Fsp3) is 0.381. The zero-order valence-corrected chi connectivity index (χ0v) is 19.5. The number of nitro groups is 1. The minimum Gasteiger partial charge on any atom is -0.442 e. The number of nitrogens with one attached hydrogen (secondary N) is 1. The molecule has 3 N–H and O–H groups in total. The maximum atomic E-state index is 15.0. The standard InChI is InChI=1S/C21H23FN6O6S/c1-12(29)24-10-14-11-27(21(31)34-14)13-2-3-16(15(22)8-13)25-4-6-26(7-5-25)17-9-18(19(23)30)35-20(17)28(32)33/h2-3,8-9,14H,4-7,10-11H2,1H3,(H2,23,30)(H,24,29)/t14-/m0/s1. The number of rotatable bonds is 7. The Labute approximate surface area is 203 Å². The lowest BCUT2D eigenvalue weighted by atomic mass is 10.2. The van der Waals surface area contributed by atoms with Gasteiger partial charge in [-0.2, -0.15) is 0 Å². The Morgan fingerprint density at radius 2 is 1.89 bits per heavy atom. The molecule has 1 aromatic carbocycles. The first kappa shape index (κ1) is 24.2. The van der Waals surface area contributed by atoms with E-state index in [2.05, 4.69) is 5.32 Å². The van der Waals surface area contributed by atoms with Crippen LogP contribution in [0.2, 0.25) is 0 Å². The number of halogens is 1. The average molecular weight is 507 g/mol. The minimum atomic E-state index is -0.728. The molecule has 186 valence electrons. The van der Waals surface area contributed by atoms with Crippen LogP contribution in [0.1, 0.15) is 16.6 Å². The number of cyclic esters (lactones) is 1. The molecule has 3 heterocycles. The molecule has 0 spiro atoms. The van der Waals surface area contributed by atoms with Crippen LogP contribution in [0.3, 0.4) is 0 Å². The van der Waals surface area contributed by atoms with E-state index in [1.54, 1.807) is 17.0 Å². The molecule has 3 amide bonds. The maximum absolute atomic E-state index is 15.0. The molecule has 14 heteroatoms. The van der Waals surface area contributed by atoms with Crippen LogP contribution < -0.4 is 25.8 Å². The van der Waals surface area contributed by atoms with Crippen molar-refractivity contribution >= 4 is 51.3 Å². The van der Waals surface area contributed by atoms with Crippen LogP contribution >= 0.6 is 11.3 Å². The van der Waals surface area contributed by atoms with Gasteiger partial charge in [0.25, 0.3) is 5.91 Å². The zero-order valence-electron chi connectivity index (χ0n) is 18.7. The summed E-state index contributed by atoms with van der Waals surface area (Å²) in [5, 5.41) is 13.8. The molecular formula is C21H23FN6O6S. The van der Waals surface area contributed by atoms with Gasteiger partial charge in [-0.15, -0.1) is 0 Å². The van der Waals surface area contributed by atoms with Gasteiger partial charge in [0.15, 0.2) is 0 Å². The molecule has 1 atom stereocenters. The van der Waals surface area contributed by atoms with Gasteiger partial charge in [0.1, 0.15) is 22.5 Å². The van der Waals surface area contributed by atoms with E-state index in [0.717, 1.165) is 11.3 Å². The fourth-order valence-electron chi connectivity index (χ4n) is 4.06.